The Morgan fingerprint density at radius 2 is 1.88 bits per heavy atom. The molecule has 0 amide bonds. The lowest BCUT2D eigenvalue weighted by Gasteiger charge is -2.44. The van der Waals surface area contributed by atoms with Gasteiger partial charge < -0.3 is 4.74 Å². The van der Waals surface area contributed by atoms with Crippen LogP contribution in [-0.2, 0) is 6.54 Å². The van der Waals surface area contributed by atoms with Crippen molar-refractivity contribution >= 4 is 17.4 Å². The Balaban J connectivity index is 1.48. The third kappa shape index (κ3) is 3.16. The molecule has 25 heavy (non-hydrogen) atoms. The molecule has 2 aliphatic heterocycles. The van der Waals surface area contributed by atoms with E-state index in [1.165, 1.54) is 6.07 Å². The molecule has 1 spiro atoms. The fraction of sp³-hybridized carbons (Fsp3) is 0.350. The van der Waals surface area contributed by atoms with Gasteiger partial charge in [0.2, 0.25) is 0 Å². The monoisotopic (exact) mass is 359 g/mol. The number of hydrogen-bond acceptors (Lipinski definition) is 3. The molecule has 0 radical (unpaired) electrons. The maximum Gasteiger partial charge on any atom is 0.170 e. The highest BCUT2D eigenvalue weighted by molar-refractivity contribution is 6.32. The second kappa shape index (κ2) is 6.43. The third-order valence-electron chi connectivity index (χ3n) is 5.19. The molecule has 0 bridgehead atoms. The summed E-state index contributed by atoms with van der Waals surface area (Å²) in [5, 5.41) is 0.485. The van der Waals surface area contributed by atoms with E-state index in [1.54, 1.807) is 24.3 Å². The van der Waals surface area contributed by atoms with Crippen molar-refractivity contribution in [1.29, 1.82) is 0 Å². The van der Waals surface area contributed by atoms with E-state index in [4.69, 9.17) is 16.3 Å². The Labute approximate surface area is 151 Å². The Morgan fingerprint density at radius 3 is 2.64 bits per heavy atom. The molecule has 2 heterocycles. The number of benzene rings is 2. The number of nitrogens with zero attached hydrogens (tertiary/aromatic N) is 1. The number of rotatable bonds is 2. The quantitative estimate of drug-likeness (QED) is 0.791. The molecular formula is C20H19ClFNO2. The lowest BCUT2D eigenvalue weighted by atomic mass is 9.82. The number of hydrogen-bond donors (Lipinski definition) is 0. The first-order valence-electron chi connectivity index (χ1n) is 8.53. The summed E-state index contributed by atoms with van der Waals surface area (Å²) in [4.78, 5) is 14.7. The summed E-state index contributed by atoms with van der Waals surface area (Å²) in [7, 11) is 0. The van der Waals surface area contributed by atoms with Gasteiger partial charge in [-0.25, -0.2) is 4.39 Å². The molecule has 0 aliphatic carbocycles. The fourth-order valence-electron chi connectivity index (χ4n) is 3.74. The molecule has 3 nitrogen and oxygen atoms in total. The van der Waals surface area contributed by atoms with E-state index in [9.17, 15) is 9.18 Å². The van der Waals surface area contributed by atoms with Gasteiger partial charge in [0.25, 0.3) is 0 Å². The van der Waals surface area contributed by atoms with Crippen molar-refractivity contribution in [2.45, 2.75) is 31.4 Å². The van der Waals surface area contributed by atoms with Gasteiger partial charge in [-0.1, -0.05) is 35.9 Å². The zero-order valence-electron chi connectivity index (χ0n) is 13.8. The number of halogens is 2. The summed E-state index contributed by atoms with van der Waals surface area (Å²) in [6, 6.07) is 12.2. The summed E-state index contributed by atoms with van der Waals surface area (Å²) in [5.74, 6) is 0.432. The molecule has 5 heteroatoms. The molecule has 2 aromatic rings. The number of fused-ring (bicyclic) bond motifs is 1. The zero-order valence-corrected chi connectivity index (χ0v) is 14.6. The standard InChI is InChI=1S/C20H19ClFNO2/c21-16-6-3-5-15-18(24)12-20(25-19(15)16)8-10-23(11-9-20)13-14-4-1-2-7-17(14)22/h1-7H,8-13H2. The highest BCUT2D eigenvalue weighted by Crippen LogP contribution is 2.42. The normalized spacial score (nSPS) is 19.5. The van der Waals surface area contributed by atoms with Crippen LogP contribution in [0.5, 0.6) is 5.75 Å². The van der Waals surface area contributed by atoms with Crippen molar-refractivity contribution in [1.82, 2.24) is 4.90 Å². The highest BCUT2D eigenvalue weighted by atomic mass is 35.5. The van der Waals surface area contributed by atoms with Gasteiger partial charge in [0.15, 0.2) is 5.78 Å². The molecule has 130 valence electrons. The van der Waals surface area contributed by atoms with Gasteiger partial charge >= 0.3 is 0 Å². The van der Waals surface area contributed by atoms with E-state index >= 15 is 0 Å². The van der Waals surface area contributed by atoms with Crippen molar-refractivity contribution < 1.29 is 13.9 Å². The number of likely N-dealkylation sites (tertiary alicyclic amines) is 1. The van der Waals surface area contributed by atoms with E-state index < -0.39 is 5.60 Å². The average Bonchev–Trinajstić information content (AvgIpc) is 2.60. The predicted molar refractivity (Wildman–Crippen MR) is 94.7 cm³/mol. The largest absolute Gasteiger partial charge is 0.484 e. The van der Waals surface area contributed by atoms with Crippen LogP contribution in [-0.4, -0.2) is 29.4 Å². The summed E-state index contributed by atoms with van der Waals surface area (Å²) in [5.41, 5.74) is 0.792. The molecule has 1 fully saturated rings. The summed E-state index contributed by atoms with van der Waals surface area (Å²) in [6.45, 7) is 2.11. The van der Waals surface area contributed by atoms with Gasteiger partial charge in [-0.2, -0.15) is 0 Å². The van der Waals surface area contributed by atoms with Crippen LogP contribution in [0, 0.1) is 5.82 Å². The second-order valence-corrected chi connectivity index (χ2v) is 7.28. The first-order valence-corrected chi connectivity index (χ1v) is 8.91. The number of para-hydroxylation sites is 1. The van der Waals surface area contributed by atoms with Gasteiger partial charge in [0, 0.05) is 38.0 Å². The maximum atomic E-state index is 13.8. The van der Waals surface area contributed by atoms with Crippen LogP contribution in [0.15, 0.2) is 42.5 Å². The van der Waals surface area contributed by atoms with E-state index in [2.05, 4.69) is 4.90 Å². The number of carbonyl (C=O) groups excluding carboxylic acids is 1. The van der Waals surface area contributed by atoms with Gasteiger partial charge in [0.1, 0.15) is 17.2 Å². The summed E-state index contributed by atoms with van der Waals surface area (Å²) < 4.78 is 20.1. The summed E-state index contributed by atoms with van der Waals surface area (Å²) >= 11 is 6.23. The molecule has 4 rings (SSSR count). The van der Waals surface area contributed by atoms with Crippen LogP contribution in [0.1, 0.15) is 35.2 Å². The van der Waals surface area contributed by atoms with Crippen LogP contribution < -0.4 is 4.74 Å². The first kappa shape index (κ1) is 16.6. The van der Waals surface area contributed by atoms with Gasteiger partial charge in [-0.15, -0.1) is 0 Å². The lowest BCUT2D eigenvalue weighted by molar-refractivity contribution is -0.0108. The van der Waals surface area contributed by atoms with Crippen LogP contribution in [0.4, 0.5) is 4.39 Å². The van der Waals surface area contributed by atoms with E-state index in [-0.39, 0.29) is 11.6 Å². The number of ketones is 1. The van der Waals surface area contributed by atoms with E-state index in [0.717, 1.165) is 25.9 Å². The topological polar surface area (TPSA) is 29.5 Å². The molecule has 2 aliphatic rings. The second-order valence-electron chi connectivity index (χ2n) is 6.87. The Bertz CT molecular complexity index is 815. The molecule has 2 aromatic carbocycles. The van der Waals surface area contributed by atoms with Crippen molar-refractivity contribution in [3.8, 4) is 5.75 Å². The predicted octanol–water partition coefficient (Wildman–Crippen LogP) is 4.48. The van der Waals surface area contributed by atoms with Crippen molar-refractivity contribution in [2.75, 3.05) is 13.1 Å². The van der Waals surface area contributed by atoms with Crippen LogP contribution in [0.3, 0.4) is 0 Å². The summed E-state index contributed by atoms with van der Waals surface area (Å²) in [6.07, 6.45) is 1.85. The van der Waals surface area contributed by atoms with Crippen LogP contribution in [0.2, 0.25) is 5.02 Å². The van der Waals surface area contributed by atoms with Crippen molar-refractivity contribution in [2.24, 2.45) is 0 Å². The lowest BCUT2D eigenvalue weighted by Crippen LogP contribution is -2.50. The minimum Gasteiger partial charge on any atom is -0.484 e. The molecular weight excluding hydrogens is 341 g/mol. The Hall–Kier alpha value is -1.91. The minimum atomic E-state index is -0.485. The number of piperidine rings is 1. The fourth-order valence-corrected chi connectivity index (χ4v) is 3.95. The molecule has 0 aromatic heterocycles. The molecule has 0 unspecified atom stereocenters. The highest BCUT2D eigenvalue weighted by Gasteiger charge is 2.43. The Morgan fingerprint density at radius 1 is 1.12 bits per heavy atom. The van der Waals surface area contributed by atoms with Crippen molar-refractivity contribution in [3.05, 3.63) is 64.4 Å². The average molecular weight is 360 g/mol. The van der Waals surface area contributed by atoms with Crippen LogP contribution in [0.25, 0.3) is 0 Å². The van der Waals surface area contributed by atoms with E-state index in [1.807, 2.05) is 12.1 Å². The number of Topliss-reactive ketones (excluding diaryl/α,β-unsaturated/α-hetero) is 1. The van der Waals surface area contributed by atoms with E-state index in [0.29, 0.717) is 34.9 Å². The molecule has 0 N–H and O–H groups in total. The Kier molecular flexibility index (Phi) is 4.26. The SMILES string of the molecule is O=C1CC2(CCN(Cc3ccccc3F)CC2)Oc2c(Cl)cccc21. The first-order chi connectivity index (χ1) is 12.1. The molecule has 1 saturated heterocycles. The third-order valence-corrected chi connectivity index (χ3v) is 5.49. The van der Waals surface area contributed by atoms with Crippen LogP contribution >= 0.6 is 11.6 Å². The molecule has 0 atom stereocenters. The maximum absolute atomic E-state index is 13.8. The number of carbonyl (C=O) groups is 1. The zero-order chi connectivity index (χ0) is 17.4. The van der Waals surface area contributed by atoms with Crippen molar-refractivity contribution in [3.63, 3.8) is 0 Å². The number of ether oxygens (including phenoxy) is 1. The van der Waals surface area contributed by atoms with Gasteiger partial charge in [0.05, 0.1) is 17.0 Å². The minimum absolute atomic E-state index is 0.0892. The van der Waals surface area contributed by atoms with Gasteiger partial charge in [-0.05, 0) is 18.2 Å². The van der Waals surface area contributed by atoms with Gasteiger partial charge in [-0.3, -0.25) is 9.69 Å². The molecule has 0 saturated carbocycles. The smallest absolute Gasteiger partial charge is 0.170 e.